The van der Waals surface area contributed by atoms with Crippen LogP contribution in [0.25, 0.3) is 11.1 Å². The summed E-state index contributed by atoms with van der Waals surface area (Å²) in [5, 5.41) is 0. The molecule has 1 aliphatic heterocycles. The van der Waals surface area contributed by atoms with Crippen molar-refractivity contribution >= 4 is 0 Å². The molecule has 0 N–H and O–H groups in total. The summed E-state index contributed by atoms with van der Waals surface area (Å²) < 4.78 is 16.4. The monoisotopic (exact) mass is 256 g/mol. The van der Waals surface area contributed by atoms with Crippen LogP contribution in [-0.2, 0) is 18.0 Å². The highest BCUT2D eigenvalue weighted by Gasteiger charge is 2.16. The summed E-state index contributed by atoms with van der Waals surface area (Å²) >= 11 is 0. The van der Waals surface area contributed by atoms with Crippen LogP contribution < -0.4 is 9.47 Å². The van der Waals surface area contributed by atoms with Gasteiger partial charge in [0.15, 0.2) is 0 Å². The summed E-state index contributed by atoms with van der Waals surface area (Å²) in [4.78, 5) is 0. The molecule has 0 unspecified atom stereocenters. The lowest BCUT2D eigenvalue weighted by atomic mass is 9.96. The van der Waals surface area contributed by atoms with Gasteiger partial charge in [-0.05, 0) is 46.5 Å². The molecule has 0 spiro atoms. The van der Waals surface area contributed by atoms with Crippen molar-refractivity contribution in [3.05, 3.63) is 47.5 Å². The van der Waals surface area contributed by atoms with Gasteiger partial charge in [-0.25, -0.2) is 0 Å². The van der Waals surface area contributed by atoms with Crippen molar-refractivity contribution in [2.24, 2.45) is 0 Å². The molecule has 3 rings (SSSR count). The minimum Gasteiger partial charge on any atom is -0.497 e. The van der Waals surface area contributed by atoms with Gasteiger partial charge in [0.2, 0.25) is 0 Å². The van der Waals surface area contributed by atoms with E-state index in [1.807, 2.05) is 12.1 Å². The maximum atomic E-state index is 5.71. The van der Waals surface area contributed by atoms with Gasteiger partial charge in [-0.3, -0.25) is 0 Å². The number of fused-ring (bicyclic) bond motifs is 3. The average Bonchev–Trinajstić information content (AvgIpc) is 2.65. The lowest BCUT2D eigenvalue weighted by Crippen LogP contribution is -1.92. The van der Waals surface area contributed by atoms with E-state index in [1.54, 1.807) is 14.2 Å². The van der Waals surface area contributed by atoms with Crippen LogP contribution in [0.4, 0.5) is 0 Å². The van der Waals surface area contributed by atoms with E-state index in [1.165, 1.54) is 11.1 Å². The highest BCUT2D eigenvalue weighted by atomic mass is 16.5. The molecule has 98 valence electrons. The Hall–Kier alpha value is -2.00. The Morgan fingerprint density at radius 1 is 0.789 bits per heavy atom. The highest BCUT2D eigenvalue weighted by molar-refractivity contribution is 5.74. The van der Waals surface area contributed by atoms with Crippen molar-refractivity contribution in [3.63, 3.8) is 0 Å². The first-order valence-corrected chi connectivity index (χ1v) is 6.24. The first-order chi connectivity index (χ1) is 9.31. The molecule has 0 saturated heterocycles. The summed E-state index contributed by atoms with van der Waals surface area (Å²) in [6, 6.07) is 12.2. The first kappa shape index (κ1) is 12.1. The molecule has 3 nitrogen and oxygen atoms in total. The number of methoxy groups -OCH3 is 2. The van der Waals surface area contributed by atoms with Crippen molar-refractivity contribution in [2.75, 3.05) is 14.2 Å². The van der Waals surface area contributed by atoms with Crippen LogP contribution in [0.3, 0.4) is 0 Å². The molecule has 19 heavy (non-hydrogen) atoms. The zero-order valence-electron chi connectivity index (χ0n) is 11.1. The standard InChI is InChI=1S/C16H16O3/c1-17-13-5-3-11-9-19-10-12-4-6-14(18-2)8-16(12)15(11)7-13/h3-8H,9-10H2,1-2H3. The van der Waals surface area contributed by atoms with Crippen molar-refractivity contribution in [1.82, 2.24) is 0 Å². The van der Waals surface area contributed by atoms with Crippen LogP contribution in [0.2, 0.25) is 0 Å². The van der Waals surface area contributed by atoms with Gasteiger partial charge in [0.25, 0.3) is 0 Å². The maximum Gasteiger partial charge on any atom is 0.119 e. The molecule has 1 heterocycles. The van der Waals surface area contributed by atoms with E-state index < -0.39 is 0 Å². The Labute approximate surface area is 112 Å². The van der Waals surface area contributed by atoms with Gasteiger partial charge in [-0.1, -0.05) is 12.1 Å². The van der Waals surface area contributed by atoms with Gasteiger partial charge < -0.3 is 14.2 Å². The summed E-state index contributed by atoms with van der Waals surface area (Å²) in [5.41, 5.74) is 4.66. The molecular weight excluding hydrogens is 240 g/mol. The fraction of sp³-hybridized carbons (Fsp3) is 0.250. The molecule has 0 radical (unpaired) electrons. The molecular formula is C16H16O3. The fourth-order valence-electron chi connectivity index (χ4n) is 2.39. The molecule has 0 aliphatic carbocycles. The van der Waals surface area contributed by atoms with Gasteiger partial charge in [0, 0.05) is 0 Å². The molecule has 0 amide bonds. The molecule has 0 fully saturated rings. The molecule has 0 aromatic heterocycles. The Morgan fingerprint density at radius 2 is 1.26 bits per heavy atom. The van der Waals surface area contributed by atoms with Crippen LogP contribution in [0, 0.1) is 0 Å². The molecule has 3 heteroatoms. The SMILES string of the molecule is COc1ccc2c(c1)-c1cc(OC)ccc1COC2. The zero-order chi connectivity index (χ0) is 13.2. The van der Waals surface area contributed by atoms with E-state index in [4.69, 9.17) is 14.2 Å². The maximum absolute atomic E-state index is 5.71. The minimum absolute atomic E-state index is 0.621. The van der Waals surface area contributed by atoms with Gasteiger partial charge >= 0.3 is 0 Å². The van der Waals surface area contributed by atoms with Gasteiger partial charge in [-0.2, -0.15) is 0 Å². The number of hydrogen-bond acceptors (Lipinski definition) is 3. The Balaban J connectivity index is 2.21. The second-order valence-electron chi connectivity index (χ2n) is 4.54. The summed E-state index contributed by atoms with van der Waals surface area (Å²) in [7, 11) is 3.36. The average molecular weight is 256 g/mol. The highest BCUT2D eigenvalue weighted by Crippen LogP contribution is 2.36. The molecule has 1 aliphatic rings. The van der Waals surface area contributed by atoms with Crippen molar-refractivity contribution < 1.29 is 14.2 Å². The molecule has 2 aromatic carbocycles. The Kier molecular flexibility index (Phi) is 3.13. The molecule has 0 bridgehead atoms. The van der Waals surface area contributed by atoms with Gasteiger partial charge in [0.05, 0.1) is 27.4 Å². The Bertz CT molecular complexity index is 551. The van der Waals surface area contributed by atoms with Crippen LogP contribution in [0.5, 0.6) is 11.5 Å². The molecule has 0 saturated carbocycles. The normalized spacial score (nSPS) is 13.2. The second-order valence-corrected chi connectivity index (χ2v) is 4.54. The number of ether oxygens (including phenoxy) is 3. The van der Waals surface area contributed by atoms with E-state index in [9.17, 15) is 0 Å². The van der Waals surface area contributed by atoms with Crippen LogP contribution in [-0.4, -0.2) is 14.2 Å². The van der Waals surface area contributed by atoms with Gasteiger partial charge in [-0.15, -0.1) is 0 Å². The van der Waals surface area contributed by atoms with Crippen molar-refractivity contribution in [3.8, 4) is 22.6 Å². The van der Waals surface area contributed by atoms with Crippen molar-refractivity contribution in [1.29, 1.82) is 0 Å². The van der Waals surface area contributed by atoms with Gasteiger partial charge in [0.1, 0.15) is 11.5 Å². The van der Waals surface area contributed by atoms with Crippen LogP contribution in [0.1, 0.15) is 11.1 Å². The van der Waals surface area contributed by atoms with E-state index in [-0.39, 0.29) is 0 Å². The van der Waals surface area contributed by atoms with Crippen molar-refractivity contribution in [2.45, 2.75) is 13.2 Å². The lowest BCUT2D eigenvalue weighted by Gasteiger charge is -2.11. The number of hydrogen-bond donors (Lipinski definition) is 0. The van der Waals surface area contributed by atoms with E-state index in [0.29, 0.717) is 13.2 Å². The zero-order valence-corrected chi connectivity index (χ0v) is 11.1. The summed E-state index contributed by atoms with van der Waals surface area (Å²) in [6.45, 7) is 1.24. The predicted molar refractivity (Wildman–Crippen MR) is 73.5 cm³/mol. The van der Waals surface area contributed by atoms with E-state index in [2.05, 4.69) is 24.3 Å². The van der Waals surface area contributed by atoms with Crippen LogP contribution in [0.15, 0.2) is 36.4 Å². The third kappa shape index (κ3) is 2.17. The summed E-state index contributed by atoms with van der Waals surface area (Å²) in [5.74, 6) is 1.71. The quantitative estimate of drug-likeness (QED) is 0.824. The minimum atomic E-state index is 0.621. The second kappa shape index (κ2) is 4.94. The molecule has 0 atom stereocenters. The smallest absolute Gasteiger partial charge is 0.119 e. The van der Waals surface area contributed by atoms with E-state index >= 15 is 0 Å². The van der Waals surface area contributed by atoms with E-state index in [0.717, 1.165) is 22.6 Å². The first-order valence-electron chi connectivity index (χ1n) is 6.24. The topological polar surface area (TPSA) is 27.7 Å². The number of benzene rings is 2. The Morgan fingerprint density at radius 3 is 1.68 bits per heavy atom. The summed E-state index contributed by atoms with van der Waals surface area (Å²) in [6.07, 6.45) is 0. The number of rotatable bonds is 2. The predicted octanol–water partition coefficient (Wildman–Crippen LogP) is 3.40. The van der Waals surface area contributed by atoms with Crippen LogP contribution >= 0.6 is 0 Å². The largest absolute Gasteiger partial charge is 0.497 e. The fourth-order valence-corrected chi connectivity index (χ4v) is 2.39. The third-order valence-electron chi connectivity index (χ3n) is 3.44. The lowest BCUT2D eigenvalue weighted by molar-refractivity contribution is 0.110. The molecule has 2 aromatic rings. The third-order valence-corrected chi connectivity index (χ3v) is 3.44.